The Morgan fingerprint density at radius 3 is 2.69 bits per heavy atom. The van der Waals surface area contributed by atoms with Crippen molar-refractivity contribution >= 4 is 22.5 Å². The van der Waals surface area contributed by atoms with Gasteiger partial charge in [0.1, 0.15) is 5.82 Å². The number of hydrogen-bond donors (Lipinski definition) is 1. The van der Waals surface area contributed by atoms with Crippen molar-refractivity contribution in [3.63, 3.8) is 0 Å². The molecule has 32 heavy (non-hydrogen) atoms. The largest absolute Gasteiger partial charge is 0.379 e. The molecule has 1 saturated carbocycles. The van der Waals surface area contributed by atoms with Crippen LogP contribution in [0.4, 0.5) is 5.82 Å². The molecule has 1 aromatic carbocycles. The van der Waals surface area contributed by atoms with Gasteiger partial charge in [0.15, 0.2) is 0 Å². The van der Waals surface area contributed by atoms with E-state index in [1.807, 2.05) is 36.5 Å². The molecule has 0 bridgehead atoms. The van der Waals surface area contributed by atoms with Crippen molar-refractivity contribution in [1.29, 1.82) is 0 Å². The Hall–Kier alpha value is -2.90. The number of morpholine rings is 1. The fourth-order valence-corrected chi connectivity index (χ4v) is 4.81. The van der Waals surface area contributed by atoms with E-state index < -0.39 is 0 Å². The first-order valence-electron chi connectivity index (χ1n) is 11.5. The molecule has 1 N–H and O–H groups in total. The fraction of sp³-hybridized carbons (Fsp3) is 0.440. The van der Waals surface area contributed by atoms with Crippen LogP contribution in [-0.4, -0.2) is 58.8 Å². The van der Waals surface area contributed by atoms with Crippen LogP contribution in [0.15, 0.2) is 48.8 Å². The smallest absolute Gasteiger partial charge is 0.228 e. The molecule has 1 aliphatic carbocycles. The Labute approximate surface area is 188 Å². The standard InChI is InChI=1S/C25H29N5O2/c31-25(19-5-3-18(4-6-19)17-30-10-12-32-13-11-30)28-24-15-22-14-20(7-8-21(22)16-26-24)23-2-1-9-27-29-23/h1-2,7-9,14-16,18-19H,3-6,10-13,17H2,(H,26,28,31)/t18-,19-. The molecule has 7 nitrogen and oxygen atoms in total. The van der Waals surface area contributed by atoms with E-state index in [9.17, 15) is 4.79 Å². The van der Waals surface area contributed by atoms with Crippen LogP contribution in [0.2, 0.25) is 0 Å². The molecule has 1 aliphatic heterocycles. The molecule has 2 aliphatic rings. The van der Waals surface area contributed by atoms with E-state index in [0.717, 1.165) is 80.6 Å². The van der Waals surface area contributed by atoms with Crippen LogP contribution in [0.5, 0.6) is 0 Å². The Balaban J connectivity index is 1.20. The highest BCUT2D eigenvalue weighted by Crippen LogP contribution is 2.31. The zero-order valence-electron chi connectivity index (χ0n) is 18.2. The van der Waals surface area contributed by atoms with Gasteiger partial charge in [-0.25, -0.2) is 4.98 Å². The van der Waals surface area contributed by atoms with Crippen LogP contribution in [0.3, 0.4) is 0 Å². The number of nitrogens with one attached hydrogen (secondary N) is 1. The summed E-state index contributed by atoms with van der Waals surface area (Å²) >= 11 is 0. The average molecular weight is 432 g/mol. The van der Waals surface area contributed by atoms with Crippen LogP contribution in [-0.2, 0) is 9.53 Å². The van der Waals surface area contributed by atoms with Crippen molar-refractivity contribution in [2.45, 2.75) is 25.7 Å². The summed E-state index contributed by atoms with van der Waals surface area (Å²) in [7, 11) is 0. The average Bonchev–Trinajstić information content (AvgIpc) is 2.85. The number of aromatic nitrogens is 3. The number of pyridine rings is 1. The molecule has 2 aromatic heterocycles. The minimum absolute atomic E-state index is 0.0689. The van der Waals surface area contributed by atoms with Gasteiger partial charge in [0.05, 0.1) is 18.9 Å². The highest BCUT2D eigenvalue weighted by molar-refractivity contribution is 5.95. The first-order chi connectivity index (χ1) is 15.7. The normalized spacial score (nSPS) is 22.0. The lowest BCUT2D eigenvalue weighted by Gasteiger charge is -2.34. The monoisotopic (exact) mass is 431 g/mol. The second kappa shape index (κ2) is 9.71. The minimum Gasteiger partial charge on any atom is -0.379 e. The van der Waals surface area contributed by atoms with Crippen LogP contribution in [0.1, 0.15) is 25.7 Å². The lowest BCUT2D eigenvalue weighted by atomic mass is 9.81. The van der Waals surface area contributed by atoms with Crippen LogP contribution in [0, 0.1) is 11.8 Å². The third-order valence-electron chi connectivity index (χ3n) is 6.68. The predicted molar refractivity (Wildman–Crippen MR) is 124 cm³/mol. The van der Waals surface area contributed by atoms with Gasteiger partial charge < -0.3 is 10.1 Å². The van der Waals surface area contributed by atoms with Gasteiger partial charge >= 0.3 is 0 Å². The quantitative estimate of drug-likeness (QED) is 0.662. The molecule has 0 radical (unpaired) electrons. The Bertz CT molecular complexity index is 1060. The van der Waals surface area contributed by atoms with Crippen molar-refractivity contribution in [1.82, 2.24) is 20.1 Å². The van der Waals surface area contributed by atoms with Crippen molar-refractivity contribution < 1.29 is 9.53 Å². The number of hydrogen-bond acceptors (Lipinski definition) is 6. The molecule has 5 rings (SSSR count). The van der Waals surface area contributed by atoms with E-state index in [1.165, 1.54) is 0 Å². The van der Waals surface area contributed by atoms with Gasteiger partial charge in [-0.2, -0.15) is 10.2 Å². The lowest BCUT2D eigenvalue weighted by Crippen LogP contribution is -2.40. The van der Waals surface area contributed by atoms with Crippen molar-refractivity contribution in [2.24, 2.45) is 11.8 Å². The highest BCUT2D eigenvalue weighted by Gasteiger charge is 2.28. The summed E-state index contributed by atoms with van der Waals surface area (Å²) in [4.78, 5) is 19.9. The van der Waals surface area contributed by atoms with Gasteiger partial charge in [-0.3, -0.25) is 9.69 Å². The van der Waals surface area contributed by atoms with Gasteiger partial charge in [-0.05, 0) is 61.3 Å². The second-order valence-corrected chi connectivity index (χ2v) is 8.86. The summed E-state index contributed by atoms with van der Waals surface area (Å²) in [5.74, 6) is 1.45. The van der Waals surface area contributed by atoms with E-state index in [1.54, 1.807) is 6.20 Å². The van der Waals surface area contributed by atoms with Crippen molar-refractivity contribution in [2.75, 3.05) is 38.2 Å². The third-order valence-corrected chi connectivity index (χ3v) is 6.68. The lowest BCUT2D eigenvalue weighted by molar-refractivity contribution is -0.121. The van der Waals surface area contributed by atoms with Crippen molar-refractivity contribution in [3.05, 3.63) is 48.8 Å². The van der Waals surface area contributed by atoms with E-state index in [0.29, 0.717) is 11.7 Å². The number of nitrogens with zero attached hydrogens (tertiary/aromatic N) is 4. The fourth-order valence-electron chi connectivity index (χ4n) is 4.81. The number of fused-ring (bicyclic) bond motifs is 1. The van der Waals surface area contributed by atoms with E-state index in [4.69, 9.17) is 4.74 Å². The molecule has 0 spiro atoms. The summed E-state index contributed by atoms with van der Waals surface area (Å²) in [5, 5.41) is 13.2. The summed E-state index contributed by atoms with van der Waals surface area (Å²) in [6.45, 7) is 4.89. The predicted octanol–water partition coefficient (Wildman–Crippen LogP) is 3.77. The van der Waals surface area contributed by atoms with Gasteiger partial charge in [0, 0.05) is 48.9 Å². The topological polar surface area (TPSA) is 80.2 Å². The zero-order chi connectivity index (χ0) is 21.8. The number of anilines is 1. The van der Waals surface area contributed by atoms with E-state index in [-0.39, 0.29) is 11.8 Å². The maximum absolute atomic E-state index is 12.9. The summed E-state index contributed by atoms with van der Waals surface area (Å²) < 4.78 is 5.44. The molecular formula is C25H29N5O2. The maximum Gasteiger partial charge on any atom is 0.228 e. The molecule has 166 valence electrons. The number of benzene rings is 1. The second-order valence-electron chi connectivity index (χ2n) is 8.86. The number of amides is 1. The van der Waals surface area contributed by atoms with Gasteiger partial charge in [-0.15, -0.1) is 0 Å². The Morgan fingerprint density at radius 1 is 1.06 bits per heavy atom. The van der Waals surface area contributed by atoms with Crippen LogP contribution >= 0.6 is 0 Å². The molecule has 3 heterocycles. The molecule has 1 amide bonds. The van der Waals surface area contributed by atoms with E-state index in [2.05, 4.69) is 31.5 Å². The first-order valence-corrected chi connectivity index (χ1v) is 11.5. The summed E-state index contributed by atoms with van der Waals surface area (Å²) in [6, 6.07) is 11.9. The summed E-state index contributed by atoms with van der Waals surface area (Å²) in [6.07, 6.45) is 7.60. The minimum atomic E-state index is 0.0689. The molecule has 1 saturated heterocycles. The van der Waals surface area contributed by atoms with Gasteiger partial charge in [0.2, 0.25) is 5.91 Å². The number of carbonyl (C=O) groups excluding carboxylic acids is 1. The number of carbonyl (C=O) groups is 1. The molecule has 7 heteroatoms. The van der Waals surface area contributed by atoms with Crippen molar-refractivity contribution in [3.8, 4) is 11.3 Å². The highest BCUT2D eigenvalue weighted by atomic mass is 16.5. The van der Waals surface area contributed by atoms with E-state index >= 15 is 0 Å². The maximum atomic E-state index is 12.9. The molecular weight excluding hydrogens is 402 g/mol. The zero-order valence-corrected chi connectivity index (χ0v) is 18.2. The SMILES string of the molecule is O=C(Nc1cc2cc(-c3cccnn3)ccc2cn1)[C@H]1CC[C@H](CN2CCOCC2)CC1. The molecule has 0 atom stereocenters. The Kier molecular flexibility index (Phi) is 6.36. The number of rotatable bonds is 5. The third kappa shape index (κ3) is 4.95. The number of ether oxygens (including phenoxy) is 1. The first kappa shape index (κ1) is 21.0. The van der Waals surface area contributed by atoms with Crippen LogP contribution in [0.25, 0.3) is 22.0 Å². The van der Waals surface area contributed by atoms with Gasteiger partial charge in [0.25, 0.3) is 0 Å². The van der Waals surface area contributed by atoms with Gasteiger partial charge in [-0.1, -0.05) is 12.1 Å². The molecule has 3 aromatic rings. The molecule has 0 unspecified atom stereocenters. The summed E-state index contributed by atoms with van der Waals surface area (Å²) in [5.41, 5.74) is 1.82. The Morgan fingerprint density at radius 2 is 1.91 bits per heavy atom. The van der Waals surface area contributed by atoms with Crippen LogP contribution < -0.4 is 5.32 Å². The molecule has 2 fully saturated rings.